The molecule has 39 heavy (non-hydrogen) atoms. The van der Waals surface area contributed by atoms with Crippen LogP contribution in [-0.2, 0) is 22.3 Å². The summed E-state index contributed by atoms with van der Waals surface area (Å²) in [6.45, 7) is 0.364. The molecule has 3 aromatic carbocycles. The lowest BCUT2D eigenvalue weighted by molar-refractivity contribution is -0.227. The summed E-state index contributed by atoms with van der Waals surface area (Å²) in [6.07, 6.45) is -1.21. The third-order valence-corrected chi connectivity index (χ3v) is 9.59. The van der Waals surface area contributed by atoms with Crippen molar-refractivity contribution in [3.8, 4) is 11.5 Å². The van der Waals surface area contributed by atoms with Crippen molar-refractivity contribution < 1.29 is 48.1 Å². The van der Waals surface area contributed by atoms with E-state index in [0.717, 1.165) is 11.1 Å². The van der Waals surface area contributed by atoms with Gasteiger partial charge in [-0.05, 0) is 42.5 Å². The molecule has 1 amide bonds. The van der Waals surface area contributed by atoms with E-state index in [-0.39, 0.29) is 43.9 Å². The quantitative estimate of drug-likeness (QED) is 0.164. The molecule has 2 atom stereocenters. The molecule has 0 saturated heterocycles. The molecule has 0 radical (unpaired) electrons. The van der Waals surface area contributed by atoms with Gasteiger partial charge in [-0.2, -0.15) is 0 Å². The average Bonchev–Trinajstić information content (AvgIpc) is 2.90. The molecule has 210 valence electrons. The average molecular weight is 577 g/mol. The second kappa shape index (κ2) is 13.4. The molecule has 3 aromatic rings. The Kier molecular flexibility index (Phi) is 10.5. The van der Waals surface area contributed by atoms with Crippen LogP contribution in [0.4, 0.5) is 0 Å². The number of carbonyl (C=O) groups is 1. The molecule has 0 aliphatic carbocycles. The predicted octanol–water partition coefficient (Wildman–Crippen LogP) is 2.48. The number of hydrogen-bond acceptors (Lipinski definition) is 8. The molecular formula is C26H29NO10P2-2. The van der Waals surface area contributed by atoms with Gasteiger partial charge in [0.15, 0.2) is 31.8 Å². The Morgan fingerprint density at radius 3 is 1.87 bits per heavy atom. The number of nitrogens with one attached hydrogen (secondary N) is 1. The number of amides is 1. The van der Waals surface area contributed by atoms with E-state index in [4.69, 9.17) is 19.3 Å². The molecule has 11 nitrogen and oxygen atoms in total. The van der Waals surface area contributed by atoms with Crippen LogP contribution in [0, 0.1) is 0 Å². The second-order valence-corrected chi connectivity index (χ2v) is 12.6. The van der Waals surface area contributed by atoms with Gasteiger partial charge in [-0.3, -0.25) is 4.79 Å². The van der Waals surface area contributed by atoms with Crippen molar-refractivity contribution >= 4 is 21.1 Å². The highest BCUT2D eigenvalue weighted by molar-refractivity contribution is 7.70. The Labute approximate surface area is 225 Å². The summed E-state index contributed by atoms with van der Waals surface area (Å²) < 4.78 is 34.6. The van der Waals surface area contributed by atoms with Crippen LogP contribution in [0.15, 0.2) is 78.9 Å². The normalized spacial score (nSPS) is 15.8. The van der Waals surface area contributed by atoms with Gasteiger partial charge < -0.3 is 48.6 Å². The molecule has 13 heteroatoms. The van der Waals surface area contributed by atoms with Crippen molar-refractivity contribution in [2.75, 3.05) is 6.54 Å². The molecule has 0 bridgehead atoms. The van der Waals surface area contributed by atoms with Crippen LogP contribution in [0.1, 0.15) is 40.7 Å². The lowest BCUT2D eigenvalue weighted by Gasteiger charge is -2.42. The van der Waals surface area contributed by atoms with Gasteiger partial charge >= 0.3 is 0 Å². The molecule has 0 fully saturated rings. The van der Waals surface area contributed by atoms with E-state index in [1.165, 1.54) is 0 Å². The molecule has 4 N–H and O–H groups in total. The maximum absolute atomic E-state index is 13.0. The Morgan fingerprint density at radius 1 is 0.795 bits per heavy atom. The van der Waals surface area contributed by atoms with Crippen molar-refractivity contribution in [3.05, 3.63) is 95.6 Å². The minimum absolute atomic E-state index is 0.0262. The number of ether oxygens (including phenoxy) is 2. The van der Waals surface area contributed by atoms with Gasteiger partial charge in [-0.25, -0.2) is 0 Å². The van der Waals surface area contributed by atoms with Gasteiger partial charge in [0, 0.05) is 6.54 Å². The van der Waals surface area contributed by atoms with Crippen LogP contribution in [0.2, 0.25) is 0 Å². The fourth-order valence-electron chi connectivity index (χ4n) is 3.65. The van der Waals surface area contributed by atoms with Crippen LogP contribution in [-0.4, -0.2) is 32.4 Å². The lowest BCUT2D eigenvalue weighted by atomic mass is 10.1. The van der Waals surface area contributed by atoms with E-state index in [9.17, 15) is 28.8 Å². The SMILES string of the molecule is O=C(NCCCCC(O)(P(=O)([O-])O)P(=O)([O-])O)c1cccc(OCc2ccccc2)c1OCc1ccccc1. The maximum atomic E-state index is 13.0. The highest BCUT2D eigenvalue weighted by Crippen LogP contribution is 2.65. The lowest BCUT2D eigenvalue weighted by Crippen LogP contribution is -2.37. The fraction of sp³-hybridized carbons (Fsp3) is 0.269. The first kappa shape index (κ1) is 30.5. The smallest absolute Gasteiger partial charge is 0.255 e. The van der Waals surface area contributed by atoms with E-state index in [1.54, 1.807) is 18.2 Å². The van der Waals surface area contributed by atoms with Gasteiger partial charge in [0.05, 0.1) is 5.56 Å². The highest BCUT2D eigenvalue weighted by atomic mass is 31.2. The molecule has 3 rings (SSSR count). The molecule has 0 saturated carbocycles. The van der Waals surface area contributed by atoms with Crippen molar-refractivity contribution in [1.82, 2.24) is 5.32 Å². The largest absolute Gasteiger partial charge is 0.776 e. The Balaban J connectivity index is 1.69. The predicted molar refractivity (Wildman–Crippen MR) is 139 cm³/mol. The van der Waals surface area contributed by atoms with Crippen LogP contribution in [0.5, 0.6) is 11.5 Å². The Bertz CT molecular complexity index is 1300. The number of aliphatic hydroxyl groups is 1. The van der Waals surface area contributed by atoms with Crippen molar-refractivity contribution in [2.24, 2.45) is 0 Å². The maximum Gasteiger partial charge on any atom is 0.255 e. The monoisotopic (exact) mass is 577 g/mol. The summed E-state index contributed by atoms with van der Waals surface area (Å²) in [4.78, 5) is 53.9. The Morgan fingerprint density at radius 2 is 1.33 bits per heavy atom. The standard InChI is InChI=1S/C26H31NO10P2/c28-25(27-17-8-7-16-26(29,38(30,31)32)39(33,34)35)22-14-9-15-23(36-18-20-10-3-1-4-11-20)24(22)37-19-21-12-5-2-6-13-21/h1-6,9-15,29H,7-8,16-19H2,(H,27,28)(H2,30,31,32)(H2,33,34,35)/p-2. The molecule has 0 aromatic heterocycles. The van der Waals surface area contributed by atoms with Crippen molar-refractivity contribution in [2.45, 2.75) is 37.6 Å². The fourth-order valence-corrected chi connectivity index (χ4v) is 5.81. The van der Waals surface area contributed by atoms with E-state index in [1.807, 2.05) is 60.7 Å². The van der Waals surface area contributed by atoms with Gasteiger partial charge in [0.2, 0.25) is 0 Å². The first-order chi connectivity index (χ1) is 18.4. The zero-order valence-corrected chi connectivity index (χ0v) is 22.6. The van der Waals surface area contributed by atoms with Crippen molar-refractivity contribution in [1.29, 1.82) is 0 Å². The molecule has 0 aliphatic rings. The van der Waals surface area contributed by atoms with Crippen LogP contribution < -0.4 is 24.6 Å². The number of carbonyl (C=O) groups excluding carboxylic acids is 1. The topological polar surface area (TPSA) is 189 Å². The van der Waals surface area contributed by atoms with Crippen LogP contribution in [0.25, 0.3) is 0 Å². The van der Waals surface area contributed by atoms with Gasteiger partial charge in [0.1, 0.15) is 13.2 Å². The third-order valence-electron chi connectivity index (χ3n) is 5.82. The summed E-state index contributed by atoms with van der Waals surface area (Å²) in [5.41, 5.74) is 1.96. The summed E-state index contributed by atoms with van der Waals surface area (Å²) in [5, 5.41) is 8.78. The van der Waals surface area contributed by atoms with Crippen LogP contribution >= 0.6 is 15.2 Å². The Hall–Kier alpha value is -3.01. The minimum Gasteiger partial charge on any atom is -0.776 e. The second-order valence-electron chi connectivity index (χ2n) is 8.71. The summed E-state index contributed by atoms with van der Waals surface area (Å²) in [5.74, 6) is 0.0203. The van der Waals surface area contributed by atoms with Gasteiger partial charge in [-0.15, -0.1) is 0 Å². The minimum atomic E-state index is -5.84. The molecule has 0 aliphatic heterocycles. The number of para-hydroxylation sites is 1. The molecule has 2 unspecified atom stereocenters. The first-order valence-corrected chi connectivity index (χ1v) is 15.1. The molecule has 0 spiro atoms. The van der Waals surface area contributed by atoms with Gasteiger partial charge in [-0.1, -0.05) is 66.7 Å². The number of benzene rings is 3. The molecular weight excluding hydrogens is 548 g/mol. The van der Waals surface area contributed by atoms with Gasteiger partial charge in [0.25, 0.3) is 5.91 Å². The zero-order chi connectivity index (χ0) is 28.5. The first-order valence-electron chi connectivity index (χ1n) is 12.0. The van der Waals surface area contributed by atoms with Crippen molar-refractivity contribution in [3.63, 3.8) is 0 Å². The third kappa shape index (κ3) is 8.24. The zero-order valence-electron chi connectivity index (χ0n) is 20.8. The summed E-state index contributed by atoms with van der Waals surface area (Å²) in [7, 11) is -11.7. The number of hydrogen-bond donors (Lipinski definition) is 4. The number of rotatable bonds is 14. The van der Waals surface area contributed by atoms with E-state index in [2.05, 4.69) is 5.32 Å². The van der Waals surface area contributed by atoms with Crippen LogP contribution in [0.3, 0.4) is 0 Å². The molecule has 0 heterocycles. The van der Waals surface area contributed by atoms with E-state index < -0.39 is 32.6 Å². The number of unbranched alkanes of at least 4 members (excludes halogenated alkanes) is 1. The van der Waals surface area contributed by atoms with E-state index >= 15 is 0 Å². The summed E-state index contributed by atoms with van der Waals surface area (Å²) in [6, 6.07) is 23.6. The highest BCUT2D eigenvalue weighted by Gasteiger charge is 2.46. The van der Waals surface area contributed by atoms with E-state index in [0.29, 0.717) is 5.75 Å². The summed E-state index contributed by atoms with van der Waals surface area (Å²) >= 11 is 0.